The maximum Gasteiger partial charge on any atom is 0.417 e. The van der Waals surface area contributed by atoms with Crippen molar-refractivity contribution in [3.8, 4) is 11.1 Å². The minimum atomic E-state index is -4.93. The molecular formula is C28H30B3F5N4O3S. The Kier molecular flexibility index (Phi) is 8.47. The molecule has 1 amide bonds. The zero-order valence-corrected chi connectivity index (χ0v) is 25.8. The van der Waals surface area contributed by atoms with E-state index in [0.717, 1.165) is 30.0 Å². The van der Waals surface area contributed by atoms with E-state index in [0.29, 0.717) is 6.07 Å². The zero-order chi connectivity index (χ0) is 32.3. The molecule has 0 saturated carbocycles. The predicted octanol–water partition coefficient (Wildman–Crippen LogP) is 2.15. The van der Waals surface area contributed by atoms with Gasteiger partial charge in [-0.15, -0.1) is 11.8 Å². The average Bonchev–Trinajstić information content (AvgIpc) is 2.92. The molecule has 7 nitrogen and oxygen atoms in total. The highest BCUT2D eigenvalue weighted by Gasteiger charge is 2.41. The molecule has 230 valence electrons. The molecule has 44 heavy (non-hydrogen) atoms. The SMILES string of the molecule is BC(B)(B)OC[C@H]1CSc2c(-c3ccc(F)cc3F)c(C(F)(F)F)cc3c(N4C[C@@H](C)N(C(=O)C=C)[C@@H](C)C4)nc(=O)n1c23. The van der Waals surface area contributed by atoms with Crippen molar-refractivity contribution in [2.75, 3.05) is 30.3 Å². The monoisotopic (exact) mass is 630 g/mol. The second-order valence-electron chi connectivity index (χ2n) is 12.2. The van der Waals surface area contributed by atoms with E-state index in [1.165, 1.54) is 10.6 Å². The second kappa shape index (κ2) is 11.6. The van der Waals surface area contributed by atoms with E-state index in [-0.39, 0.29) is 65.1 Å². The van der Waals surface area contributed by atoms with Crippen LogP contribution < -0.4 is 10.6 Å². The Hall–Kier alpha value is -3.26. The highest BCUT2D eigenvalue weighted by Crippen LogP contribution is 2.50. The van der Waals surface area contributed by atoms with Crippen molar-refractivity contribution in [2.24, 2.45) is 0 Å². The summed E-state index contributed by atoms with van der Waals surface area (Å²) >= 11 is 1.07. The van der Waals surface area contributed by atoms with E-state index in [9.17, 15) is 27.2 Å². The summed E-state index contributed by atoms with van der Waals surface area (Å²) in [7, 11) is 5.54. The van der Waals surface area contributed by atoms with E-state index in [1.54, 1.807) is 23.6 Å². The fourth-order valence-corrected chi connectivity index (χ4v) is 7.33. The van der Waals surface area contributed by atoms with Crippen LogP contribution >= 0.6 is 11.8 Å². The number of amides is 1. The summed E-state index contributed by atoms with van der Waals surface area (Å²) in [4.78, 5) is 34.0. The first-order valence-corrected chi connectivity index (χ1v) is 15.1. The topological polar surface area (TPSA) is 67.7 Å². The minimum Gasteiger partial charge on any atom is -0.399 e. The maximum atomic E-state index is 15.2. The molecule has 0 aliphatic carbocycles. The first-order valence-electron chi connectivity index (χ1n) is 14.1. The zero-order valence-electron chi connectivity index (χ0n) is 25.0. The molecule has 2 aliphatic rings. The van der Waals surface area contributed by atoms with Gasteiger partial charge in [0.25, 0.3) is 0 Å². The van der Waals surface area contributed by atoms with E-state index in [1.807, 2.05) is 23.5 Å². The molecule has 0 bridgehead atoms. The van der Waals surface area contributed by atoms with Crippen LogP contribution in [0.3, 0.4) is 0 Å². The molecule has 3 atom stereocenters. The lowest BCUT2D eigenvalue weighted by Crippen LogP contribution is -2.58. The molecule has 0 N–H and O–H groups in total. The quantitative estimate of drug-likeness (QED) is 0.237. The van der Waals surface area contributed by atoms with Crippen LogP contribution in [-0.2, 0) is 15.7 Å². The molecule has 1 fully saturated rings. The lowest BCUT2D eigenvalue weighted by atomic mass is 9.52. The summed E-state index contributed by atoms with van der Waals surface area (Å²) in [6, 6.07) is 2.01. The van der Waals surface area contributed by atoms with E-state index < -0.39 is 51.5 Å². The molecule has 3 aromatic rings. The fourth-order valence-electron chi connectivity index (χ4n) is 6.02. The minimum absolute atomic E-state index is 0.0431. The lowest BCUT2D eigenvalue weighted by Gasteiger charge is -2.45. The van der Waals surface area contributed by atoms with Crippen LogP contribution in [-0.4, -0.2) is 86.7 Å². The van der Waals surface area contributed by atoms with Crippen LogP contribution in [0.4, 0.5) is 27.8 Å². The maximum absolute atomic E-state index is 15.2. The van der Waals surface area contributed by atoms with Crippen molar-refractivity contribution < 1.29 is 31.5 Å². The van der Waals surface area contributed by atoms with Crippen molar-refractivity contribution >= 4 is 57.9 Å². The Labute approximate surface area is 258 Å². The van der Waals surface area contributed by atoms with Crippen LogP contribution in [0.15, 0.2) is 46.6 Å². The molecule has 2 aromatic carbocycles. The number of ether oxygens (including phenoxy) is 1. The summed E-state index contributed by atoms with van der Waals surface area (Å²) in [6.45, 7) is 7.64. The number of carbonyl (C=O) groups excluding carboxylic acids is 1. The highest BCUT2D eigenvalue weighted by atomic mass is 32.2. The number of halogens is 5. The van der Waals surface area contributed by atoms with Gasteiger partial charge in [0.2, 0.25) is 5.91 Å². The van der Waals surface area contributed by atoms with Crippen LogP contribution in [0.25, 0.3) is 22.0 Å². The third-order valence-corrected chi connectivity index (χ3v) is 9.03. The molecular weight excluding hydrogens is 600 g/mol. The van der Waals surface area contributed by atoms with Crippen molar-refractivity contribution in [1.82, 2.24) is 14.5 Å². The standard InChI is InChI=1S/C28H30B3F5N4O3S/c1-4-21(41)39-13(2)9-38(10-14(39)3)25-18-8-19(27(34,35)36)22(17-6-5-15(32)7-20(17)33)24-23(18)40(26(42)37-25)16(12-44-24)11-43-28(29,30)31/h4-8,13-14,16H,1,9-12,29-31H2,2-3H3/t13-,14+,16-/m0/s1. The van der Waals surface area contributed by atoms with Gasteiger partial charge in [0.1, 0.15) is 41.0 Å². The number of carbonyl (C=O) groups is 1. The number of piperazine rings is 1. The van der Waals surface area contributed by atoms with Crippen LogP contribution in [0.1, 0.15) is 25.5 Å². The third-order valence-electron chi connectivity index (χ3n) is 7.79. The molecule has 16 heteroatoms. The smallest absolute Gasteiger partial charge is 0.399 e. The molecule has 2 aliphatic heterocycles. The van der Waals surface area contributed by atoms with Crippen molar-refractivity contribution in [2.45, 2.75) is 48.3 Å². The fraction of sp³-hybridized carbons (Fsp3) is 0.393. The van der Waals surface area contributed by atoms with Gasteiger partial charge >= 0.3 is 11.9 Å². The molecule has 0 radical (unpaired) electrons. The number of alkyl halides is 3. The molecule has 0 spiro atoms. The summed E-state index contributed by atoms with van der Waals surface area (Å²) in [5.41, 5.74) is -2.53. The van der Waals surface area contributed by atoms with Gasteiger partial charge in [-0.05, 0) is 43.4 Å². The van der Waals surface area contributed by atoms with Crippen molar-refractivity contribution in [1.29, 1.82) is 0 Å². The van der Waals surface area contributed by atoms with E-state index in [4.69, 9.17) is 4.74 Å². The van der Waals surface area contributed by atoms with Crippen LogP contribution in [0, 0.1) is 11.6 Å². The molecule has 5 rings (SSSR count). The molecule has 1 saturated heterocycles. The third kappa shape index (κ3) is 5.90. The number of hydrogen-bond donors (Lipinski definition) is 0. The number of thioether (sulfide) groups is 1. The van der Waals surface area contributed by atoms with Gasteiger partial charge in [0, 0.05) is 58.4 Å². The van der Waals surface area contributed by atoms with E-state index >= 15 is 4.39 Å². The predicted molar refractivity (Wildman–Crippen MR) is 169 cm³/mol. The number of benzene rings is 2. The first-order chi connectivity index (χ1) is 20.5. The number of hydrogen-bond acceptors (Lipinski definition) is 6. The van der Waals surface area contributed by atoms with Gasteiger partial charge in [-0.1, -0.05) is 6.58 Å². The normalized spacial score (nSPS) is 20.7. The summed E-state index contributed by atoms with van der Waals surface area (Å²) in [6.07, 6.45) is -3.72. The van der Waals surface area contributed by atoms with Crippen LogP contribution in [0.2, 0.25) is 0 Å². The summed E-state index contributed by atoms with van der Waals surface area (Å²) in [5.74, 6) is -2.16. The number of nitrogens with zero attached hydrogens (tertiary/aromatic N) is 4. The number of rotatable bonds is 6. The Morgan fingerprint density at radius 3 is 2.39 bits per heavy atom. The van der Waals surface area contributed by atoms with Gasteiger partial charge in [-0.25, -0.2) is 13.6 Å². The van der Waals surface area contributed by atoms with Crippen LogP contribution in [0.5, 0.6) is 0 Å². The van der Waals surface area contributed by atoms with Crippen molar-refractivity contribution in [3.05, 3.63) is 64.6 Å². The van der Waals surface area contributed by atoms with Gasteiger partial charge in [0.05, 0.1) is 23.7 Å². The Balaban J connectivity index is 1.81. The average molecular weight is 630 g/mol. The van der Waals surface area contributed by atoms with Crippen molar-refractivity contribution in [3.63, 3.8) is 0 Å². The summed E-state index contributed by atoms with van der Waals surface area (Å²) in [5, 5.41) is -0.493. The first kappa shape index (κ1) is 32.1. The summed E-state index contributed by atoms with van der Waals surface area (Å²) < 4.78 is 80.8. The second-order valence-corrected chi connectivity index (χ2v) is 13.2. The van der Waals surface area contributed by atoms with Gasteiger partial charge < -0.3 is 14.5 Å². The Morgan fingerprint density at radius 1 is 1.16 bits per heavy atom. The van der Waals surface area contributed by atoms with Gasteiger partial charge in [-0.3, -0.25) is 9.36 Å². The Morgan fingerprint density at radius 2 is 1.82 bits per heavy atom. The lowest BCUT2D eigenvalue weighted by molar-refractivity contribution is -0.137. The van der Waals surface area contributed by atoms with Gasteiger partial charge in [0.15, 0.2) is 0 Å². The molecule has 1 aromatic heterocycles. The van der Waals surface area contributed by atoms with E-state index in [2.05, 4.69) is 11.6 Å². The largest absolute Gasteiger partial charge is 0.417 e. The van der Waals surface area contributed by atoms with Gasteiger partial charge in [-0.2, -0.15) is 18.2 Å². The molecule has 0 unspecified atom stereocenters. The number of aromatic nitrogens is 2. The molecule has 3 heterocycles. The number of anilines is 1. The highest BCUT2D eigenvalue weighted by molar-refractivity contribution is 7.99. The Bertz CT molecular complexity index is 1700.